The first-order valence-electron chi connectivity index (χ1n) is 8.35. The molecule has 1 aliphatic rings. The molecule has 1 saturated heterocycles. The molecule has 1 aliphatic heterocycles. The molecule has 31 heavy (non-hydrogen) atoms. The second-order valence-corrected chi connectivity index (χ2v) is 7.67. The van der Waals surface area contributed by atoms with Crippen molar-refractivity contribution >= 4 is 34.0 Å². The number of hydrogen-bond donors (Lipinski definition) is 0. The molecule has 0 aromatic heterocycles. The van der Waals surface area contributed by atoms with Crippen molar-refractivity contribution in [3.8, 4) is 0 Å². The van der Waals surface area contributed by atoms with Gasteiger partial charge in [0.25, 0.3) is 0 Å². The summed E-state index contributed by atoms with van der Waals surface area (Å²) >= 11 is 0. The van der Waals surface area contributed by atoms with E-state index >= 15 is 0 Å². The molecule has 178 valence electrons. The third-order valence-electron chi connectivity index (χ3n) is 3.45. The predicted octanol–water partition coefficient (Wildman–Crippen LogP) is -0.0643. The van der Waals surface area contributed by atoms with Crippen LogP contribution in [0.15, 0.2) is 0 Å². The Morgan fingerprint density at radius 3 is 1.61 bits per heavy atom. The first kappa shape index (κ1) is 26.6. The summed E-state index contributed by atoms with van der Waals surface area (Å²) in [5.74, 6) is -4.02. The fourth-order valence-corrected chi connectivity index (χ4v) is 2.92. The number of alkyl halides is 3. The number of rotatable bonds is 7. The highest BCUT2D eigenvalue weighted by Gasteiger charge is 2.55. The molecule has 0 aromatic carbocycles. The van der Waals surface area contributed by atoms with E-state index in [0.717, 1.165) is 27.7 Å². The molecule has 0 N–H and O–H groups in total. The molecule has 0 unspecified atom stereocenters. The van der Waals surface area contributed by atoms with E-state index < -0.39 is 76.8 Å². The normalized spacial score (nSPS) is 26.5. The minimum atomic E-state index is -6.08. The highest BCUT2D eigenvalue weighted by Crippen LogP contribution is 2.31. The van der Waals surface area contributed by atoms with Crippen molar-refractivity contribution in [1.82, 2.24) is 0 Å². The minimum Gasteiger partial charge on any atom is -0.456 e. The second-order valence-electron chi connectivity index (χ2n) is 6.06. The molecule has 0 radical (unpaired) electrons. The molecular weight excluding hydrogens is 461 g/mol. The quantitative estimate of drug-likeness (QED) is 0.207. The van der Waals surface area contributed by atoms with Crippen LogP contribution < -0.4 is 0 Å². The standard InChI is InChI=1S/C15H19F3O12S/c1-6(19)26-11-10(5-25-31(23,24)15(16,17)18)30-14(29-9(4)22)13(28-8(3)21)12(11)27-7(2)20/h10-14H,5H2,1-4H3/t10-,11-,12+,13-,14+/m1/s1. The van der Waals surface area contributed by atoms with Gasteiger partial charge in [-0.25, -0.2) is 0 Å². The maximum Gasteiger partial charge on any atom is 0.523 e. The van der Waals surface area contributed by atoms with Gasteiger partial charge in [0.1, 0.15) is 6.10 Å². The molecule has 0 saturated carbocycles. The smallest absolute Gasteiger partial charge is 0.456 e. The number of carbonyl (C=O) groups excluding carboxylic acids is 4. The third-order valence-corrected chi connectivity index (χ3v) is 4.46. The van der Waals surface area contributed by atoms with Gasteiger partial charge in [-0.2, -0.15) is 21.6 Å². The van der Waals surface area contributed by atoms with Gasteiger partial charge in [0.2, 0.25) is 12.4 Å². The van der Waals surface area contributed by atoms with Gasteiger partial charge in [0.15, 0.2) is 12.2 Å². The van der Waals surface area contributed by atoms with E-state index in [1.807, 2.05) is 0 Å². The zero-order chi connectivity index (χ0) is 24.1. The third kappa shape index (κ3) is 7.62. The Bertz CT molecular complexity index is 809. The fraction of sp³-hybridized carbons (Fsp3) is 0.733. The molecule has 0 spiro atoms. The maximum atomic E-state index is 12.6. The van der Waals surface area contributed by atoms with Crippen LogP contribution in [0.25, 0.3) is 0 Å². The number of esters is 4. The van der Waals surface area contributed by atoms with Crippen LogP contribution in [0.4, 0.5) is 13.2 Å². The van der Waals surface area contributed by atoms with Crippen molar-refractivity contribution in [1.29, 1.82) is 0 Å². The van der Waals surface area contributed by atoms with E-state index in [1.165, 1.54) is 0 Å². The average Bonchev–Trinajstić information content (AvgIpc) is 2.56. The van der Waals surface area contributed by atoms with Crippen LogP contribution in [0.1, 0.15) is 27.7 Å². The highest BCUT2D eigenvalue weighted by atomic mass is 32.2. The monoisotopic (exact) mass is 480 g/mol. The summed E-state index contributed by atoms with van der Waals surface area (Å²) in [5.41, 5.74) is -5.77. The Morgan fingerprint density at radius 1 is 0.774 bits per heavy atom. The molecule has 1 fully saturated rings. The molecule has 0 bridgehead atoms. The zero-order valence-electron chi connectivity index (χ0n) is 16.5. The van der Waals surface area contributed by atoms with Crippen LogP contribution in [0.2, 0.25) is 0 Å². The summed E-state index contributed by atoms with van der Waals surface area (Å²) in [4.78, 5) is 45.9. The summed E-state index contributed by atoms with van der Waals surface area (Å²) in [6.07, 6.45) is -9.02. The molecule has 0 aliphatic carbocycles. The van der Waals surface area contributed by atoms with Crippen LogP contribution in [-0.4, -0.2) is 75.1 Å². The van der Waals surface area contributed by atoms with E-state index in [1.54, 1.807) is 0 Å². The van der Waals surface area contributed by atoms with E-state index in [-0.39, 0.29) is 0 Å². The number of halogens is 3. The van der Waals surface area contributed by atoms with E-state index in [4.69, 9.17) is 23.7 Å². The van der Waals surface area contributed by atoms with Crippen LogP contribution in [0.3, 0.4) is 0 Å². The van der Waals surface area contributed by atoms with E-state index in [2.05, 4.69) is 4.18 Å². The molecule has 0 aromatic rings. The second kappa shape index (κ2) is 10.2. The van der Waals surface area contributed by atoms with Gasteiger partial charge < -0.3 is 23.7 Å². The van der Waals surface area contributed by atoms with E-state index in [9.17, 15) is 40.8 Å². The van der Waals surface area contributed by atoms with Gasteiger partial charge >= 0.3 is 39.5 Å². The number of hydrogen-bond acceptors (Lipinski definition) is 12. The predicted molar refractivity (Wildman–Crippen MR) is 88.0 cm³/mol. The number of carbonyl (C=O) groups is 4. The van der Waals surface area contributed by atoms with Crippen molar-refractivity contribution in [3.63, 3.8) is 0 Å². The zero-order valence-corrected chi connectivity index (χ0v) is 17.4. The Labute approximate surface area is 174 Å². The van der Waals surface area contributed by atoms with Crippen LogP contribution in [-0.2, 0) is 57.2 Å². The Hall–Kier alpha value is -2.46. The Kier molecular flexibility index (Phi) is 8.77. The van der Waals surface area contributed by atoms with Gasteiger partial charge in [-0.3, -0.25) is 23.4 Å². The summed E-state index contributed by atoms with van der Waals surface area (Å²) < 4.78 is 88.8. The molecule has 1 rings (SSSR count). The van der Waals surface area contributed by atoms with Gasteiger partial charge in [-0.05, 0) is 0 Å². The lowest BCUT2D eigenvalue weighted by Crippen LogP contribution is -2.63. The van der Waals surface area contributed by atoms with Crippen LogP contribution in [0.5, 0.6) is 0 Å². The summed E-state index contributed by atoms with van der Waals surface area (Å²) in [5, 5.41) is 0. The molecule has 5 atom stereocenters. The topological polar surface area (TPSA) is 158 Å². The van der Waals surface area contributed by atoms with Gasteiger partial charge in [-0.15, -0.1) is 0 Å². The Balaban J connectivity index is 3.37. The van der Waals surface area contributed by atoms with Crippen molar-refractivity contribution in [2.75, 3.05) is 6.61 Å². The highest BCUT2D eigenvalue weighted by molar-refractivity contribution is 7.87. The molecular formula is C15H19F3O12S. The average molecular weight is 480 g/mol. The molecule has 12 nitrogen and oxygen atoms in total. The Morgan fingerprint density at radius 2 is 1.19 bits per heavy atom. The molecule has 16 heteroatoms. The fourth-order valence-electron chi connectivity index (χ4n) is 2.47. The summed E-state index contributed by atoms with van der Waals surface area (Å²) in [6.45, 7) is 2.25. The summed E-state index contributed by atoms with van der Waals surface area (Å²) in [7, 11) is -6.08. The molecule has 1 heterocycles. The van der Waals surface area contributed by atoms with Gasteiger partial charge in [0.05, 0.1) is 6.61 Å². The SMILES string of the molecule is CC(=O)O[C@H]1O[C@H](COS(=O)(=O)C(F)(F)F)[C@@H](OC(C)=O)[C@H](OC(C)=O)[C@H]1OC(C)=O. The van der Waals surface area contributed by atoms with Crippen molar-refractivity contribution < 1.29 is 68.6 Å². The van der Waals surface area contributed by atoms with Crippen LogP contribution in [0, 0.1) is 0 Å². The van der Waals surface area contributed by atoms with Crippen molar-refractivity contribution in [2.24, 2.45) is 0 Å². The largest absolute Gasteiger partial charge is 0.523 e. The van der Waals surface area contributed by atoms with E-state index in [0.29, 0.717) is 0 Å². The van der Waals surface area contributed by atoms with Crippen molar-refractivity contribution in [3.05, 3.63) is 0 Å². The lowest BCUT2D eigenvalue weighted by Gasteiger charge is -2.43. The van der Waals surface area contributed by atoms with Gasteiger partial charge in [0, 0.05) is 27.7 Å². The van der Waals surface area contributed by atoms with Crippen LogP contribution >= 0.6 is 0 Å². The lowest BCUT2D eigenvalue weighted by molar-refractivity contribution is -0.298. The molecule has 0 amide bonds. The first-order chi connectivity index (χ1) is 14.0. The van der Waals surface area contributed by atoms with Gasteiger partial charge in [-0.1, -0.05) is 0 Å². The minimum absolute atomic E-state index is 0.883. The first-order valence-corrected chi connectivity index (χ1v) is 9.76. The van der Waals surface area contributed by atoms with Crippen molar-refractivity contribution in [2.45, 2.75) is 63.9 Å². The summed E-state index contributed by atoms with van der Waals surface area (Å²) in [6, 6.07) is 0. The lowest BCUT2D eigenvalue weighted by atomic mass is 9.98. The maximum absolute atomic E-state index is 12.6. The number of ether oxygens (including phenoxy) is 5.